The van der Waals surface area contributed by atoms with Crippen LogP contribution in [0.25, 0.3) is 10.9 Å². The molecule has 2 rings (SSSR count). The Labute approximate surface area is 91.5 Å². The molecule has 0 aliphatic carbocycles. The zero-order valence-corrected chi connectivity index (χ0v) is 8.43. The number of rotatable bonds is 3. The molecule has 1 N–H and O–H groups in total. The van der Waals surface area contributed by atoms with E-state index in [2.05, 4.69) is 4.98 Å². The van der Waals surface area contributed by atoms with Crippen LogP contribution >= 0.6 is 0 Å². The monoisotopic (exact) mass is 219 g/mol. The standard InChI is InChI=1S/C12H10FNO2/c13-10(12(15)16)7-9-6-5-8-3-1-2-4-11(8)14-9/h1-6,10H,7H2,(H,15,16). The molecule has 1 atom stereocenters. The fourth-order valence-corrected chi connectivity index (χ4v) is 1.49. The average Bonchev–Trinajstić information content (AvgIpc) is 2.28. The molecule has 3 nitrogen and oxygen atoms in total. The smallest absolute Gasteiger partial charge is 0.338 e. The molecule has 0 radical (unpaired) electrons. The maximum absolute atomic E-state index is 13.0. The summed E-state index contributed by atoms with van der Waals surface area (Å²) in [6, 6.07) is 10.9. The lowest BCUT2D eigenvalue weighted by atomic mass is 10.1. The molecule has 2 aromatic rings. The maximum atomic E-state index is 13.0. The van der Waals surface area contributed by atoms with Crippen molar-refractivity contribution in [3.8, 4) is 0 Å². The fraction of sp³-hybridized carbons (Fsp3) is 0.167. The van der Waals surface area contributed by atoms with Gasteiger partial charge < -0.3 is 5.11 Å². The van der Waals surface area contributed by atoms with Gasteiger partial charge in [-0.25, -0.2) is 9.18 Å². The number of nitrogens with zero attached hydrogens (tertiary/aromatic N) is 1. The van der Waals surface area contributed by atoms with Crippen LogP contribution in [0.5, 0.6) is 0 Å². The lowest BCUT2D eigenvalue weighted by molar-refractivity contribution is -0.142. The van der Waals surface area contributed by atoms with Crippen LogP contribution in [0.3, 0.4) is 0 Å². The highest BCUT2D eigenvalue weighted by atomic mass is 19.1. The van der Waals surface area contributed by atoms with E-state index in [1.54, 1.807) is 6.07 Å². The number of pyridine rings is 1. The molecule has 0 amide bonds. The molecule has 1 heterocycles. The topological polar surface area (TPSA) is 50.2 Å². The third kappa shape index (κ3) is 2.16. The summed E-state index contributed by atoms with van der Waals surface area (Å²) in [5.41, 5.74) is 1.20. The molecule has 0 fully saturated rings. The van der Waals surface area contributed by atoms with Crippen molar-refractivity contribution in [2.45, 2.75) is 12.6 Å². The molecule has 0 bridgehead atoms. The Morgan fingerprint density at radius 2 is 2.06 bits per heavy atom. The summed E-state index contributed by atoms with van der Waals surface area (Å²) >= 11 is 0. The number of aliphatic carboxylic acids is 1. The van der Waals surface area contributed by atoms with E-state index >= 15 is 0 Å². The first-order valence-corrected chi connectivity index (χ1v) is 4.88. The van der Waals surface area contributed by atoms with Crippen LogP contribution in [0.15, 0.2) is 36.4 Å². The number of benzene rings is 1. The molecular formula is C12H10FNO2. The Morgan fingerprint density at radius 1 is 1.31 bits per heavy atom. The largest absolute Gasteiger partial charge is 0.479 e. The first-order valence-electron chi connectivity index (χ1n) is 4.88. The second kappa shape index (κ2) is 4.26. The number of fused-ring (bicyclic) bond motifs is 1. The summed E-state index contributed by atoms with van der Waals surface area (Å²) in [6.07, 6.45) is -2.09. The third-order valence-electron chi connectivity index (χ3n) is 2.31. The first-order chi connectivity index (χ1) is 7.66. The summed E-state index contributed by atoms with van der Waals surface area (Å²) in [7, 11) is 0. The summed E-state index contributed by atoms with van der Waals surface area (Å²) in [5, 5.41) is 9.41. The van der Waals surface area contributed by atoms with Gasteiger partial charge in [-0.1, -0.05) is 24.3 Å². The van der Waals surface area contributed by atoms with Gasteiger partial charge >= 0.3 is 5.97 Å². The van der Waals surface area contributed by atoms with Gasteiger partial charge in [0.1, 0.15) is 0 Å². The van der Waals surface area contributed by atoms with Crippen LogP contribution in [-0.2, 0) is 11.2 Å². The Bertz CT molecular complexity index is 527. The molecule has 1 aromatic heterocycles. The van der Waals surface area contributed by atoms with Gasteiger partial charge in [-0.15, -0.1) is 0 Å². The number of hydrogen-bond acceptors (Lipinski definition) is 2. The molecule has 1 unspecified atom stereocenters. The van der Waals surface area contributed by atoms with Crippen LogP contribution < -0.4 is 0 Å². The Hall–Kier alpha value is -1.97. The van der Waals surface area contributed by atoms with Gasteiger partial charge in [0, 0.05) is 17.5 Å². The Morgan fingerprint density at radius 3 is 2.81 bits per heavy atom. The van der Waals surface area contributed by atoms with E-state index in [1.165, 1.54) is 0 Å². The molecule has 4 heteroatoms. The fourth-order valence-electron chi connectivity index (χ4n) is 1.49. The van der Waals surface area contributed by atoms with Gasteiger partial charge in [0.15, 0.2) is 0 Å². The number of para-hydroxylation sites is 1. The Kier molecular flexibility index (Phi) is 2.81. The average molecular weight is 219 g/mol. The number of carboxylic acids is 1. The van der Waals surface area contributed by atoms with E-state index in [9.17, 15) is 9.18 Å². The summed E-state index contributed by atoms with van der Waals surface area (Å²) in [5.74, 6) is -1.45. The van der Waals surface area contributed by atoms with Crippen LogP contribution in [-0.4, -0.2) is 22.2 Å². The summed E-state index contributed by atoms with van der Waals surface area (Å²) in [6.45, 7) is 0. The van der Waals surface area contributed by atoms with Crippen molar-refractivity contribution < 1.29 is 14.3 Å². The van der Waals surface area contributed by atoms with E-state index < -0.39 is 12.1 Å². The molecule has 0 aliphatic rings. The van der Waals surface area contributed by atoms with Gasteiger partial charge in [-0.3, -0.25) is 4.98 Å². The van der Waals surface area contributed by atoms with Crippen molar-refractivity contribution in [1.82, 2.24) is 4.98 Å². The van der Waals surface area contributed by atoms with Crippen molar-refractivity contribution >= 4 is 16.9 Å². The third-order valence-corrected chi connectivity index (χ3v) is 2.31. The second-order valence-electron chi connectivity index (χ2n) is 3.51. The van der Waals surface area contributed by atoms with E-state index in [1.807, 2.05) is 30.3 Å². The minimum Gasteiger partial charge on any atom is -0.479 e. The zero-order valence-electron chi connectivity index (χ0n) is 8.43. The predicted molar refractivity (Wildman–Crippen MR) is 58.0 cm³/mol. The molecule has 0 aliphatic heterocycles. The quantitative estimate of drug-likeness (QED) is 0.860. The highest BCUT2D eigenvalue weighted by Gasteiger charge is 2.16. The van der Waals surface area contributed by atoms with Gasteiger partial charge in [0.2, 0.25) is 6.17 Å². The van der Waals surface area contributed by atoms with E-state index in [-0.39, 0.29) is 6.42 Å². The van der Waals surface area contributed by atoms with Crippen molar-refractivity contribution in [3.05, 3.63) is 42.1 Å². The van der Waals surface area contributed by atoms with E-state index in [4.69, 9.17) is 5.11 Å². The Balaban J connectivity index is 2.29. The molecule has 1 aromatic carbocycles. The minimum atomic E-state index is -1.89. The van der Waals surface area contributed by atoms with Crippen molar-refractivity contribution in [2.24, 2.45) is 0 Å². The molecule has 0 saturated carbocycles. The lowest BCUT2D eigenvalue weighted by Gasteiger charge is -2.04. The van der Waals surface area contributed by atoms with Crippen molar-refractivity contribution in [2.75, 3.05) is 0 Å². The number of alkyl halides is 1. The van der Waals surface area contributed by atoms with Gasteiger partial charge in [0.05, 0.1) is 5.52 Å². The maximum Gasteiger partial charge on any atom is 0.338 e. The number of hydrogen-bond donors (Lipinski definition) is 1. The number of halogens is 1. The second-order valence-corrected chi connectivity index (χ2v) is 3.51. The van der Waals surface area contributed by atoms with Crippen LogP contribution in [0.1, 0.15) is 5.69 Å². The van der Waals surface area contributed by atoms with Crippen LogP contribution in [0.4, 0.5) is 4.39 Å². The molecule has 16 heavy (non-hydrogen) atoms. The summed E-state index contributed by atoms with van der Waals surface area (Å²) < 4.78 is 13.0. The molecule has 0 saturated heterocycles. The van der Waals surface area contributed by atoms with Crippen molar-refractivity contribution in [3.63, 3.8) is 0 Å². The van der Waals surface area contributed by atoms with Crippen molar-refractivity contribution in [1.29, 1.82) is 0 Å². The zero-order chi connectivity index (χ0) is 11.5. The van der Waals surface area contributed by atoms with Crippen LogP contribution in [0, 0.1) is 0 Å². The molecule has 0 spiro atoms. The SMILES string of the molecule is O=C(O)C(F)Cc1ccc2ccccc2n1. The minimum absolute atomic E-state index is 0.194. The van der Waals surface area contributed by atoms with E-state index in [0.717, 1.165) is 10.9 Å². The van der Waals surface area contributed by atoms with E-state index in [0.29, 0.717) is 5.69 Å². The lowest BCUT2D eigenvalue weighted by Crippen LogP contribution is -2.17. The van der Waals surface area contributed by atoms with Gasteiger partial charge in [0.25, 0.3) is 0 Å². The van der Waals surface area contributed by atoms with Gasteiger partial charge in [-0.2, -0.15) is 0 Å². The van der Waals surface area contributed by atoms with Crippen LogP contribution in [0.2, 0.25) is 0 Å². The van der Waals surface area contributed by atoms with Gasteiger partial charge in [-0.05, 0) is 12.1 Å². The number of aromatic nitrogens is 1. The normalized spacial score (nSPS) is 12.6. The molecule has 82 valence electrons. The number of carbonyl (C=O) groups is 1. The number of carboxylic acid groups (broad SMARTS) is 1. The summed E-state index contributed by atoms with van der Waals surface area (Å²) in [4.78, 5) is 14.6. The first kappa shape index (κ1) is 10.5. The highest BCUT2D eigenvalue weighted by Crippen LogP contribution is 2.13. The highest BCUT2D eigenvalue weighted by molar-refractivity contribution is 5.78. The predicted octanol–water partition coefficient (Wildman–Crippen LogP) is 2.20. The molecular weight excluding hydrogens is 209 g/mol.